The topological polar surface area (TPSA) is 81.1 Å². The van der Waals surface area contributed by atoms with Gasteiger partial charge in [-0.25, -0.2) is 4.79 Å². The second-order valence-corrected chi connectivity index (χ2v) is 10.4. The van der Waals surface area contributed by atoms with Crippen molar-refractivity contribution >= 4 is 28.6 Å². The highest BCUT2D eigenvalue weighted by atomic mass is 16.7. The first-order chi connectivity index (χ1) is 18.5. The summed E-state index contributed by atoms with van der Waals surface area (Å²) < 4.78 is 13.5. The largest absolute Gasteiger partial charge is 0.353 e. The fourth-order valence-electron chi connectivity index (χ4n) is 5.95. The average molecular weight is 516 g/mol. The molecule has 8 heteroatoms. The van der Waals surface area contributed by atoms with Gasteiger partial charge in [-0.3, -0.25) is 14.5 Å². The molecule has 2 unspecified atom stereocenters. The van der Waals surface area contributed by atoms with Crippen molar-refractivity contribution in [1.82, 2.24) is 14.4 Å². The van der Waals surface area contributed by atoms with Gasteiger partial charge in [-0.15, -0.1) is 0 Å². The Bertz CT molecular complexity index is 1370. The molecule has 0 spiro atoms. The van der Waals surface area contributed by atoms with Crippen LogP contribution in [0.15, 0.2) is 48.5 Å². The van der Waals surface area contributed by atoms with Crippen molar-refractivity contribution < 1.29 is 23.9 Å². The molecule has 2 atom stereocenters. The fourth-order valence-corrected chi connectivity index (χ4v) is 5.95. The van der Waals surface area contributed by atoms with Gasteiger partial charge < -0.3 is 18.9 Å². The van der Waals surface area contributed by atoms with Gasteiger partial charge in [0.05, 0.1) is 6.54 Å². The van der Waals surface area contributed by atoms with Crippen molar-refractivity contribution in [2.75, 3.05) is 19.8 Å². The van der Waals surface area contributed by atoms with Crippen LogP contribution >= 0.6 is 0 Å². The Kier molecular flexibility index (Phi) is 6.76. The molecule has 3 aliphatic rings. The van der Waals surface area contributed by atoms with Crippen molar-refractivity contribution in [2.45, 2.75) is 64.4 Å². The van der Waals surface area contributed by atoms with Gasteiger partial charge in [0, 0.05) is 48.3 Å². The smallest absolute Gasteiger partial charge is 0.327 e. The summed E-state index contributed by atoms with van der Waals surface area (Å²) in [6, 6.07) is 15.3. The Morgan fingerprint density at radius 1 is 1.08 bits per heavy atom. The molecule has 3 aromatic rings. The van der Waals surface area contributed by atoms with Crippen LogP contribution in [0.4, 0.5) is 4.79 Å². The third kappa shape index (κ3) is 4.41. The standard InChI is InChI=1S/C30H33N3O5/c1-2-14-31-29(35)25-16-23-22-7-3-4-8-24(22)32(26(23)18-33(25)30(31)36)17-20-10-12-21(13-11-20)27(34)19-38-28-9-5-6-15-37-28/h3-4,7-8,10-13,25,28H,2,5-6,9,14-19H2,1H3. The van der Waals surface area contributed by atoms with Gasteiger partial charge in [0.2, 0.25) is 0 Å². The summed E-state index contributed by atoms with van der Waals surface area (Å²) in [6.45, 7) is 4.15. The van der Waals surface area contributed by atoms with Gasteiger partial charge in [-0.1, -0.05) is 49.4 Å². The van der Waals surface area contributed by atoms with Gasteiger partial charge in [0.25, 0.3) is 5.91 Å². The highest BCUT2D eigenvalue weighted by molar-refractivity contribution is 6.05. The number of urea groups is 1. The molecule has 3 amide bonds. The molecule has 2 saturated heterocycles. The number of para-hydroxylation sites is 1. The molecule has 2 fully saturated rings. The molecule has 3 aliphatic heterocycles. The lowest BCUT2D eigenvalue weighted by Crippen LogP contribution is -2.40. The summed E-state index contributed by atoms with van der Waals surface area (Å²) in [7, 11) is 0. The maximum absolute atomic E-state index is 13.1. The number of carbonyl (C=O) groups excluding carboxylic acids is 3. The number of hydrogen-bond acceptors (Lipinski definition) is 5. The number of ketones is 1. The summed E-state index contributed by atoms with van der Waals surface area (Å²) >= 11 is 0. The number of amides is 3. The molecule has 0 saturated carbocycles. The average Bonchev–Trinajstić information content (AvgIpc) is 3.38. The zero-order valence-electron chi connectivity index (χ0n) is 21.7. The van der Waals surface area contributed by atoms with E-state index in [0.29, 0.717) is 38.2 Å². The van der Waals surface area contributed by atoms with Crippen LogP contribution < -0.4 is 0 Å². The number of hydrogen-bond donors (Lipinski definition) is 0. The number of Topliss-reactive ketones (excluding diaryl/α,β-unsaturated/α-hetero) is 1. The highest BCUT2D eigenvalue weighted by Crippen LogP contribution is 2.37. The molecule has 4 heterocycles. The highest BCUT2D eigenvalue weighted by Gasteiger charge is 2.48. The molecule has 198 valence electrons. The van der Waals surface area contributed by atoms with Gasteiger partial charge in [0.15, 0.2) is 12.1 Å². The molecule has 0 N–H and O–H groups in total. The number of fused-ring (bicyclic) bond motifs is 4. The Morgan fingerprint density at radius 3 is 2.66 bits per heavy atom. The lowest BCUT2D eigenvalue weighted by molar-refractivity contribution is -0.155. The van der Waals surface area contributed by atoms with Crippen LogP contribution in [-0.4, -0.2) is 64.2 Å². The van der Waals surface area contributed by atoms with Crippen molar-refractivity contribution in [3.63, 3.8) is 0 Å². The summed E-state index contributed by atoms with van der Waals surface area (Å²) in [5.74, 6) is -0.145. The Morgan fingerprint density at radius 2 is 1.89 bits per heavy atom. The van der Waals surface area contributed by atoms with E-state index in [1.807, 2.05) is 43.3 Å². The molecular weight excluding hydrogens is 482 g/mol. The summed E-state index contributed by atoms with van der Waals surface area (Å²) in [4.78, 5) is 41.9. The number of nitrogens with zero attached hydrogens (tertiary/aromatic N) is 3. The van der Waals surface area contributed by atoms with E-state index >= 15 is 0 Å². The van der Waals surface area contributed by atoms with Crippen LogP contribution in [0.1, 0.15) is 59.8 Å². The maximum Gasteiger partial charge on any atom is 0.327 e. The lowest BCUT2D eigenvalue weighted by Gasteiger charge is -2.28. The molecule has 0 bridgehead atoms. The molecule has 2 aromatic carbocycles. The van der Waals surface area contributed by atoms with E-state index < -0.39 is 6.04 Å². The number of imide groups is 1. The third-order valence-electron chi connectivity index (χ3n) is 7.92. The van der Waals surface area contributed by atoms with E-state index in [2.05, 4.69) is 16.7 Å². The number of carbonyl (C=O) groups is 3. The van der Waals surface area contributed by atoms with Crippen LogP contribution in [0, 0.1) is 0 Å². The van der Waals surface area contributed by atoms with Crippen LogP contribution in [0.3, 0.4) is 0 Å². The van der Waals surface area contributed by atoms with E-state index in [1.54, 1.807) is 4.90 Å². The van der Waals surface area contributed by atoms with Crippen LogP contribution in [0.2, 0.25) is 0 Å². The minimum atomic E-state index is -0.424. The van der Waals surface area contributed by atoms with Gasteiger partial charge in [-0.05, 0) is 42.9 Å². The molecule has 8 nitrogen and oxygen atoms in total. The first kappa shape index (κ1) is 24.8. The van der Waals surface area contributed by atoms with E-state index in [4.69, 9.17) is 9.47 Å². The molecule has 6 rings (SSSR count). The van der Waals surface area contributed by atoms with Crippen molar-refractivity contribution in [2.24, 2.45) is 0 Å². The van der Waals surface area contributed by atoms with Crippen LogP contribution in [0.25, 0.3) is 10.9 Å². The number of aromatic nitrogens is 1. The lowest BCUT2D eigenvalue weighted by atomic mass is 9.97. The van der Waals surface area contributed by atoms with Crippen molar-refractivity contribution in [3.8, 4) is 0 Å². The predicted molar refractivity (Wildman–Crippen MR) is 142 cm³/mol. The molecule has 1 aromatic heterocycles. The zero-order valence-corrected chi connectivity index (χ0v) is 21.7. The van der Waals surface area contributed by atoms with Crippen molar-refractivity contribution in [1.29, 1.82) is 0 Å². The fraction of sp³-hybridized carbons (Fsp3) is 0.433. The maximum atomic E-state index is 13.1. The quantitative estimate of drug-likeness (QED) is 0.326. The van der Waals surface area contributed by atoms with Gasteiger partial charge in [-0.2, -0.15) is 0 Å². The monoisotopic (exact) mass is 515 g/mol. The second kappa shape index (κ2) is 10.3. The van der Waals surface area contributed by atoms with E-state index in [0.717, 1.165) is 53.4 Å². The minimum absolute atomic E-state index is 0.0125. The Hall–Kier alpha value is -3.49. The number of benzene rings is 2. The van der Waals surface area contributed by atoms with Gasteiger partial charge >= 0.3 is 6.03 Å². The molecule has 0 radical (unpaired) electrons. The second-order valence-electron chi connectivity index (χ2n) is 10.4. The SMILES string of the molecule is CCCN1C(=O)C2Cc3c(n(Cc4ccc(C(=O)COC5CCCCO5)cc4)c4ccccc34)CN2C1=O. The summed E-state index contributed by atoms with van der Waals surface area (Å²) in [5.41, 5.74) is 4.98. The third-order valence-corrected chi connectivity index (χ3v) is 7.92. The minimum Gasteiger partial charge on any atom is -0.353 e. The van der Waals surface area contributed by atoms with E-state index in [1.165, 1.54) is 4.90 Å². The van der Waals surface area contributed by atoms with Gasteiger partial charge in [0.1, 0.15) is 12.6 Å². The molecule has 0 aliphatic carbocycles. The Labute approximate surface area is 222 Å². The first-order valence-corrected chi connectivity index (χ1v) is 13.6. The normalized spacial score (nSPS) is 21.2. The van der Waals surface area contributed by atoms with Crippen LogP contribution in [-0.2, 0) is 33.8 Å². The first-order valence-electron chi connectivity index (χ1n) is 13.6. The van der Waals surface area contributed by atoms with E-state index in [9.17, 15) is 14.4 Å². The number of ether oxygens (including phenoxy) is 2. The molecule has 38 heavy (non-hydrogen) atoms. The molecular formula is C30H33N3O5. The predicted octanol–water partition coefficient (Wildman–Crippen LogP) is 4.51. The number of rotatable bonds is 8. The Balaban J connectivity index is 1.22. The zero-order chi connectivity index (χ0) is 26.2. The summed E-state index contributed by atoms with van der Waals surface area (Å²) in [5, 5.41) is 1.13. The summed E-state index contributed by atoms with van der Waals surface area (Å²) in [6.07, 6.45) is 3.93. The van der Waals surface area contributed by atoms with Crippen LogP contribution in [0.5, 0.6) is 0 Å². The van der Waals surface area contributed by atoms with E-state index in [-0.39, 0.29) is 30.6 Å². The van der Waals surface area contributed by atoms with Crippen molar-refractivity contribution in [3.05, 3.63) is 70.9 Å².